The monoisotopic (exact) mass is 553 g/mol. The molecule has 8 heteroatoms. The summed E-state index contributed by atoms with van der Waals surface area (Å²) in [5, 5.41) is 1.82. The molecule has 0 bridgehead atoms. The van der Waals surface area contributed by atoms with Crippen molar-refractivity contribution in [2.24, 2.45) is 5.92 Å². The van der Waals surface area contributed by atoms with Crippen LogP contribution < -0.4 is 0 Å². The summed E-state index contributed by atoms with van der Waals surface area (Å²) in [7, 11) is 0. The molecule has 1 heterocycles. The summed E-state index contributed by atoms with van der Waals surface area (Å²) < 4.78 is 13.5. The van der Waals surface area contributed by atoms with E-state index in [0.717, 1.165) is 22.0 Å². The molecule has 0 aliphatic heterocycles. The second-order valence-corrected chi connectivity index (χ2v) is 10.7. The lowest BCUT2D eigenvalue weighted by Gasteiger charge is -2.29. The minimum atomic E-state index is -0.334. The van der Waals surface area contributed by atoms with E-state index in [-0.39, 0.29) is 30.1 Å². The maximum Gasteiger partial charge on any atom is 0.254 e. The number of nitrogens with zero attached hydrogens (tertiary/aromatic N) is 2. The number of amides is 2. The standard InChI is InChI=1S/C30H30Cl2FN3O2/c1-20(2)17-36(30(38)23-13-24(31)15-25(32)14-23)19-29(37)35(18-21-7-9-26(33)10-8-21)12-11-22-16-34-28-6-4-3-5-27(22)28/h3-10,13-16,20,34H,11-12,17-19H2,1-2H3. The molecule has 0 radical (unpaired) electrons. The minimum Gasteiger partial charge on any atom is -0.361 e. The lowest BCUT2D eigenvalue weighted by atomic mass is 10.1. The second-order valence-electron chi connectivity index (χ2n) is 9.79. The van der Waals surface area contributed by atoms with Gasteiger partial charge in [-0.1, -0.05) is 67.4 Å². The van der Waals surface area contributed by atoms with Gasteiger partial charge >= 0.3 is 0 Å². The predicted octanol–water partition coefficient (Wildman–Crippen LogP) is 6.98. The number of aromatic amines is 1. The molecule has 1 aromatic heterocycles. The van der Waals surface area contributed by atoms with Crippen LogP contribution in [0, 0.1) is 11.7 Å². The molecule has 38 heavy (non-hydrogen) atoms. The fourth-order valence-corrected chi connectivity index (χ4v) is 5.01. The van der Waals surface area contributed by atoms with E-state index in [1.807, 2.05) is 44.3 Å². The van der Waals surface area contributed by atoms with E-state index in [2.05, 4.69) is 4.98 Å². The molecule has 0 fully saturated rings. The summed E-state index contributed by atoms with van der Waals surface area (Å²) in [4.78, 5) is 33.7. The lowest BCUT2D eigenvalue weighted by Crippen LogP contribution is -2.44. The zero-order chi connectivity index (χ0) is 27.2. The number of aromatic nitrogens is 1. The molecule has 0 unspecified atom stereocenters. The lowest BCUT2D eigenvalue weighted by molar-refractivity contribution is -0.132. The fraction of sp³-hybridized carbons (Fsp3) is 0.267. The van der Waals surface area contributed by atoms with Crippen molar-refractivity contribution in [2.75, 3.05) is 19.6 Å². The Labute approximate surface area is 232 Å². The molecular weight excluding hydrogens is 524 g/mol. The van der Waals surface area contributed by atoms with Crippen LogP contribution in [-0.2, 0) is 17.8 Å². The van der Waals surface area contributed by atoms with Crippen LogP contribution in [0.5, 0.6) is 0 Å². The van der Waals surface area contributed by atoms with Crippen LogP contribution in [0.1, 0.15) is 35.3 Å². The van der Waals surface area contributed by atoms with Crippen molar-refractivity contribution in [3.63, 3.8) is 0 Å². The van der Waals surface area contributed by atoms with Crippen LogP contribution in [0.2, 0.25) is 10.0 Å². The Morgan fingerprint density at radius 1 is 0.947 bits per heavy atom. The van der Waals surface area contributed by atoms with Crippen LogP contribution in [0.4, 0.5) is 4.39 Å². The first kappa shape index (κ1) is 27.7. The maximum absolute atomic E-state index is 13.7. The number of para-hydroxylation sites is 1. The number of rotatable bonds is 10. The highest BCUT2D eigenvalue weighted by Gasteiger charge is 2.24. The fourth-order valence-electron chi connectivity index (χ4n) is 4.48. The number of carbonyl (C=O) groups excluding carboxylic acids is 2. The Hall–Kier alpha value is -3.35. The molecule has 0 aliphatic rings. The van der Waals surface area contributed by atoms with Crippen LogP contribution in [0.3, 0.4) is 0 Å². The van der Waals surface area contributed by atoms with Gasteiger partial charge < -0.3 is 14.8 Å². The van der Waals surface area contributed by atoms with Gasteiger partial charge in [-0.25, -0.2) is 4.39 Å². The Morgan fingerprint density at radius 2 is 1.63 bits per heavy atom. The van der Waals surface area contributed by atoms with Crippen molar-refractivity contribution in [3.05, 3.63) is 105 Å². The summed E-state index contributed by atoms with van der Waals surface area (Å²) in [5.74, 6) is -0.705. The first-order valence-electron chi connectivity index (χ1n) is 12.5. The molecule has 198 valence electrons. The van der Waals surface area contributed by atoms with Gasteiger partial charge in [0, 0.05) is 52.3 Å². The summed E-state index contributed by atoms with van der Waals surface area (Å²) in [5.41, 5.74) is 3.27. The van der Waals surface area contributed by atoms with Gasteiger partial charge in [-0.2, -0.15) is 0 Å². The van der Waals surface area contributed by atoms with E-state index in [9.17, 15) is 14.0 Å². The summed E-state index contributed by atoms with van der Waals surface area (Å²) >= 11 is 12.3. The zero-order valence-corrected chi connectivity index (χ0v) is 22.9. The smallest absolute Gasteiger partial charge is 0.254 e. The molecule has 0 atom stereocenters. The zero-order valence-electron chi connectivity index (χ0n) is 21.4. The van der Waals surface area contributed by atoms with Gasteiger partial charge in [0.25, 0.3) is 5.91 Å². The van der Waals surface area contributed by atoms with Crippen molar-refractivity contribution in [3.8, 4) is 0 Å². The number of fused-ring (bicyclic) bond motifs is 1. The van der Waals surface area contributed by atoms with E-state index in [1.165, 1.54) is 12.1 Å². The summed E-state index contributed by atoms with van der Waals surface area (Å²) in [6, 6.07) is 18.8. The third-order valence-corrected chi connectivity index (χ3v) is 6.71. The molecule has 4 rings (SSSR count). The number of benzene rings is 3. The SMILES string of the molecule is CC(C)CN(CC(=O)N(CCc1c[nH]c2ccccc12)Cc1ccc(F)cc1)C(=O)c1cc(Cl)cc(Cl)c1. The van der Waals surface area contributed by atoms with Crippen molar-refractivity contribution >= 4 is 45.9 Å². The van der Waals surface area contributed by atoms with Crippen LogP contribution in [-0.4, -0.2) is 46.2 Å². The van der Waals surface area contributed by atoms with Gasteiger partial charge in [0.15, 0.2) is 0 Å². The first-order chi connectivity index (χ1) is 18.2. The topological polar surface area (TPSA) is 56.4 Å². The third kappa shape index (κ3) is 7.15. The second kappa shape index (κ2) is 12.5. The summed E-state index contributed by atoms with van der Waals surface area (Å²) in [6.07, 6.45) is 2.58. The van der Waals surface area contributed by atoms with Crippen molar-refractivity contribution < 1.29 is 14.0 Å². The van der Waals surface area contributed by atoms with Gasteiger partial charge in [-0.05, 0) is 59.9 Å². The van der Waals surface area contributed by atoms with Gasteiger partial charge in [-0.3, -0.25) is 9.59 Å². The Bertz CT molecular complexity index is 1400. The Balaban J connectivity index is 1.56. The number of nitrogens with one attached hydrogen (secondary N) is 1. The average Bonchev–Trinajstić information content (AvgIpc) is 3.29. The first-order valence-corrected chi connectivity index (χ1v) is 13.3. The van der Waals surface area contributed by atoms with E-state index in [1.54, 1.807) is 40.1 Å². The summed E-state index contributed by atoms with van der Waals surface area (Å²) in [6.45, 7) is 5.00. The molecule has 1 N–H and O–H groups in total. The molecule has 4 aromatic rings. The van der Waals surface area contributed by atoms with Crippen molar-refractivity contribution in [1.82, 2.24) is 14.8 Å². The highest BCUT2D eigenvalue weighted by atomic mass is 35.5. The van der Waals surface area contributed by atoms with Crippen LogP contribution in [0.25, 0.3) is 10.9 Å². The highest BCUT2D eigenvalue weighted by Crippen LogP contribution is 2.22. The largest absolute Gasteiger partial charge is 0.361 e. The quantitative estimate of drug-likeness (QED) is 0.230. The van der Waals surface area contributed by atoms with E-state index >= 15 is 0 Å². The Kier molecular flexibility index (Phi) is 9.08. The van der Waals surface area contributed by atoms with E-state index in [4.69, 9.17) is 23.2 Å². The number of halogens is 3. The average molecular weight is 554 g/mol. The normalized spacial score (nSPS) is 11.2. The molecule has 5 nitrogen and oxygen atoms in total. The van der Waals surface area contributed by atoms with Gasteiger partial charge in [0.1, 0.15) is 12.4 Å². The van der Waals surface area contributed by atoms with Crippen LogP contribution >= 0.6 is 23.2 Å². The van der Waals surface area contributed by atoms with Crippen molar-refractivity contribution in [1.29, 1.82) is 0 Å². The number of carbonyl (C=O) groups is 2. The number of hydrogen-bond acceptors (Lipinski definition) is 2. The van der Waals surface area contributed by atoms with E-state index < -0.39 is 0 Å². The maximum atomic E-state index is 13.7. The van der Waals surface area contributed by atoms with E-state index in [0.29, 0.717) is 41.7 Å². The number of H-pyrrole nitrogens is 1. The van der Waals surface area contributed by atoms with Gasteiger partial charge in [0.2, 0.25) is 5.91 Å². The van der Waals surface area contributed by atoms with Crippen molar-refractivity contribution in [2.45, 2.75) is 26.8 Å². The molecular formula is C30H30Cl2FN3O2. The molecule has 3 aromatic carbocycles. The third-order valence-electron chi connectivity index (χ3n) is 6.27. The molecule has 2 amide bonds. The minimum absolute atomic E-state index is 0.101. The molecule has 0 spiro atoms. The number of hydrogen-bond donors (Lipinski definition) is 1. The van der Waals surface area contributed by atoms with Gasteiger partial charge in [0.05, 0.1) is 0 Å². The predicted molar refractivity (Wildman–Crippen MR) is 151 cm³/mol. The van der Waals surface area contributed by atoms with Crippen LogP contribution in [0.15, 0.2) is 72.9 Å². The highest BCUT2D eigenvalue weighted by molar-refractivity contribution is 6.35. The molecule has 0 saturated heterocycles. The molecule has 0 saturated carbocycles. The Morgan fingerprint density at radius 3 is 2.32 bits per heavy atom. The van der Waals surface area contributed by atoms with Gasteiger partial charge in [-0.15, -0.1) is 0 Å². The molecule has 0 aliphatic carbocycles.